The fourth-order valence-electron chi connectivity index (χ4n) is 1.74. The molecule has 0 atom stereocenters. The Morgan fingerprint density at radius 1 is 1.16 bits per heavy atom. The van der Waals surface area contributed by atoms with Crippen molar-refractivity contribution in [2.45, 2.75) is 13.8 Å². The molecular weight excluding hydrogens is 244 g/mol. The first-order valence-electron chi connectivity index (χ1n) is 6.20. The fourth-order valence-corrected chi connectivity index (χ4v) is 1.74. The lowest BCUT2D eigenvalue weighted by Crippen LogP contribution is -2.40. The Morgan fingerprint density at radius 2 is 1.74 bits per heavy atom. The average molecular weight is 264 g/mol. The van der Waals surface area contributed by atoms with Crippen molar-refractivity contribution < 1.29 is 9.59 Å². The van der Waals surface area contributed by atoms with Gasteiger partial charge >= 0.3 is 0 Å². The number of likely N-dealkylation sites (N-methyl/N-ethyl adjacent to an activating group) is 2. The molecule has 0 saturated carbocycles. The second kappa shape index (κ2) is 6.63. The number of anilines is 2. The van der Waals surface area contributed by atoms with Crippen molar-refractivity contribution in [3.8, 4) is 0 Å². The third-order valence-electron chi connectivity index (χ3n) is 2.60. The topological polar surface area (TPSA) is 101 Å². The number of nitrogens with two attached hydrogens (primary N) is 2. The molecule has 0 spiro atoms. The lowest BCUT2D eigenvalue weighted by Gasteiger charge is -2.20. The molecule has 0 saturated heterocycles. The molecule has 0 fully saturated rings. The largest absolute Gasteiger partial charge is 0.399 e. The van der Waals surface area contributed by atoms with Gasteiger partial charge in [0.25, 0.3) is 5.91 Å². The van der Waals surface area contributed by atoms with Crippen molar-refractivity contribution >= 4 is 23.2 Å². The van der Waals surface area contributed by atoms with Crippen LogP contribution in [0.15, 0.2) is 18.2 Å². The predicted octanol–water partition coefficient (Wildman–Crippen LogP) is 0.449. The van der Waals surface area contributed by atoms with Crippen LogP contribution < -0.4 is 16.8 Å². The van der Waals surface area contributed by atoms with E-state index in [0.717, 1.165) is 0 Å². The Labute approximate surface area is 112 Å². The van der Waals surface area contributed by atoms with Gasteiger partial charge in [0.1, 0.15) is 0 Å². The van der Waals surface area contributed by atoms with Crippen LogP contribution in [-0.2, 0) is 4.79 Å². The molecule has 6 nitrogen and oxygen atoms in total. The van der Waals surface area contributed by atoms with Gasteiger partial charge < -0.3 is 21.7 Å². The molecule has 0 bridgehead atoms. The van der Waals surface area contributed by atoms with Gasteiger partial charge in [0.05, 0.1) is 6.54 Å². The van der Waals surface area contributed by atoms with E-state index in [2.05, 4.69) is 5.32 Å². The smallest absolute Gasteiger partial charge is 0.254 e. The van der Waals surface area contributed by atoms with Crippen LogP contribution in [-0.4, -0.2) is 36.3 Å². The molecule has 0 unspecified atom stereocenters. The third-order valence-corrected chi connectivity index (χ3v) is 2.60. The highest BCUT2D eigenvalue weighted by atomic mass is 16.2. The summed E-state index contributed by atoms with van der Waals surface area (Å²) in [7, 11) is 0. The minimum atomic E-state index is -0.257. The summed E-state index contributed by atoms with van der Waals surface area (Å²) in [5, 5.41) is 2.66. The van der Waals surface area contributed by atoms with Gasteiger partial charge in [0.15, 0.2) is 0 Å². The number of carbonyl (C=O) groups is 2. The van der Waals surface area contributed by atoms with Gasteiger partial charge in [-0.3, -0.25) is 9.59 Å². The zero-order valence-electron chi connectivity index (χ0n) is 11.3. The summed E-state index contributed by atoms with van der Waals surface area (Å²) in [6.07, 6.45) is 0. The molecule has 2 amide bonds. The summed E-state index contributed by atoms with van der Waals surface area (Å²) in [5.74, 6) is -0.442. The van der Waals surface area contributed by atoms with Crippen molar-refractivity contribution in [2.75, 3.05) is 31.1 Å². The van der Waals surface area contributed by atoms with Crippen molar-refractivity contribution in [2.24, 2.45) is 0 Å². The van der Waals surface area contributed by atoms with E-state index in [-0.39, 0.29) is 18.4 Å². The number of nitrogens with one attached hydrogen (secondary N) is 1. The van der Waals surface area contributed by atoms with E-state index in [1.165, 1.54) is 4.90 Å². The Bertz CT molecular complexity index is 453. The number of hydrogen-bond donors (Lipinski definition) is 3. The number of rotatable bonds is 5. The molecule has 0 aliphatic heterocycles. The van der Waals surface area contributed by atoms with Crippen LogP contribution >= 0.6 is 0 Å². The second-order valence-electron chi connectivity index (χ2n) is 4.16. The summed E-state index contributed by atoms with van der Waals surface area (Å²) < 4.78 is 0. The van der Waals surface area contributed by atoms with Gasteiger partial charge in [-0.25, -0.2) is 0 Å². The van der Waals surface area contributed by atoms with Gasteiger partial charge in [-0.1, -0.05) is 0 Å². The van der Waals surface area contributed by atoms with Gasteiger partial charge in [0.2, 0.25) is 5.91 Å². The standard InChI is InChI=1S/C13H20N4O2/c1-3-16-12(18)8-17(4-2)13(19)9-5-10(14)7-11(15)6-9/h5-7H,3-4,8,14-15H2,1-2H3,(H,16,18). The van der Waals surface area contributed by atoms with Crippen molar-refractivity contribution in [1.29, 1.82) is 0 Å². The average Bonchev–Trinajstić information content (AvgIpc) is 2.34. The van der Waals surface area contributed by atoms with Crippen LogP contribution in [0, 0.1) is 0 Å². The van der Waals surface area contributed by atoms with E-state index < -0.39 is 0 Å². The lowest BCUT2D eigenvalue weighted by atomic mass is 10.1. The maximum Gasteiger partial charge on any atom is 0.254 e. The van der Waals surface area contributed by atoms with E-state index in [0.29, 0.717) is 30.0 Å². The minimum Gasteiger partial charge on any atom is -0.399 e. The van der Waals surface area contributed by atoms with Crippen molar-refractivity contribution in [1.82, 2.24) is 10.2 Å². The molecule has 104 valence electrons. The van der Waals surface area contributed by atoms with Crippen LogP contribution in [0.5, 0.6) is 0 Å². The number of carbonyl (C=O) groups excluding carboxylic acids is 2. The Morgan fingerprint density at radius 3 is 2.21 bits per heavy atom. The molecule has 0 heterocycles. The van der Waals surface area contributed by atoms with Crippen LogP contribution in [0.2, 0.25) is 0 Å². The highest BCUT2D eigenvalue weighted by molar-refractivity contribution is 5.98. The molecule has 0 aliphatic rings. The fraction of sp³-hybridized carbons (Fsp3) is 0.385. The van der Waals surface area contributed by atoms with Crippen LogP contribution in [0.3, 0.4) is 0 Å². The van der Waals surface area contributed by atoms with E-state index in [1.54, 1.807) is 18.2 Å². The number of nitrogens with zero attached hydrogens (tertiary/aromatic N) is 1. The van der Waals surface area contributed by atoms with Crippen LogP contribution in [0.1, 0.15) is 24.2 Å². The Kier molecular flexibility index (Phi) is 5.17. The number of amides is 2. The van der Waals surface area contributed by atoms with Gasteiger partial charge in [0, 0.05) is 30.0 Å². The quantitative estimate of drug-likeness (QED) is 0.672. The Balaban J connectivity index is 2.86. The van der Waals surface area contributed by atoms with Crippen LogP contribution in [0.4, 0.5) is 11.4 Å². The van der Waals surface area contributed by atoms with Gasteiger partial charge in [-0.15, -0.1) is 0 Å². The monoisotopic (exact) mass is 264 g/mol. The maximum absolute atomic E-state index is 12.3. The molecule has 6 heteroatoms. The number of hydrogen-bond acceptors (Lipinski definition) is 4. The first-order valence-corrected chi connectivity index (χ1v) is 6.20. The van der Waals surface area contributed by atoms with Crippen molar-refractivity contribution in [3.05, 3.63) is 23.8 Å². The minimum absolute atomic E-state index is 0.0257. The first kappa shape index (κ1) is 14.8. The highest BCUT2D eigenvalue weighted by Gasteiger charge is 2.17. The SMILES string of the molecule is CCNC(=O)CN(CC)C(=O)c1cc(N)cc(N)c1. The molecule has 1 aromatic carbocycles. The van der Waals surface area contributed by atoms with E-state index in [9.17, 15) is 9.59 Å². The number of benzene rings is 1. The molecule has 1 aromatic rings. The molecule has 0 aliphatic carbocycles. The molecular formula is C13H20N4O2. The first-order chi connectivity index (χ1) is 8.97. The lowest BCUT2D eigenvalue weighted by molar-refractivity contribution is -0.121. The van der Waals surface area contributed by atoms with Gasteiger partial charge in [-0.05, 0) is 32.0 Å². The van der Waals surface area contributed by atoms with Crippen molar-refractivity contribution in [3.63, 3.8) is 0 Å². The molecule has 19 heavy (non-hydrogen) atoms. The molecule has 1 rings (SSSR count). The molecule has 0 radical (unpaired) electrons. The highest BCUT2D eigenvalue weighted by Crippen LogP contribution is 2.15. The second-order valence-corrected chi connectivity index (χ2v) is 4.16. The normalized spacial score (nSPS) is 10.0. The summed E-state index contributed by atoms with van der Waals surface area (Å²) in [5.41, 5.74) is 12.6. The van der Waals surface area contributed by atoms with Gasteiger partial charge in [-0.2, -0.15) is 0 Å². The Hall–Kier alpha value is -2.24. The third kappa shape index (κ3) is 4.17. The zero-order valence-corrected chi connectivity index (χ0v) is 11.3. The summed E-state index contributed by atoms with van der Waals surface area (Å²) in [6, 6.07) is 4.69. The number of nitrogen functional groups attached to an aromatic ring is 2. The van der Waals surface area contributed by atoms with E-state index in [1.807, 2.05) is 13.8 Å². The van der Waals surface area contributed by atoms with Crippen LogP contribution in [0.25, 0.3) is 0 Å². The predicted molar refractivity (Wildman–Crippen MR) is 75.5 cm³/mol. The molecule has 5 N–H and O–H groups in total. The van der Waals surface area contributed by atoms with E-state index >= 15 is 0 Å². The summed E-state index contributed by atoms with van der Waals surface area (Å²) in [4.78, 5) is 25.2. The summed E-state index contributed by atoms with van der Waals surface area (Å²) >= 11 is 0. The summed E-state index contributed by atoms with van der Waals surface area (Å²) in [6.45, 7) is 4.64. The maximum atomic E-state index is 12.3. The van der Waals surface area contributed by atoms with E-state index in [4.69, 9.17) is 11.5 Å². The zero-order chi connectivity index (χ0) is 14.4. The molecule has 0 aromatic heterocycles.